The van der Waals surface area contributed by atoms with Crippen molar-refractivity contribution in [3.63, 3.8) is 0 Å². The number of hydrogen-bond donors (Lipinski definition) is 0. The smallest absolute Gasteiger partial charge is 0.157 e. The Morgan fingerprint density at radius 2 is 1.00 bits per heavy atom. The molecule has 0 aliphatic rings. The Hall–Kier alpha value is -0.456. The van der Waals surface area contributed by atoms with Crippen molar-refractivity contribution in [2.24, 2.45) is 0 Å². The lowest BCUT2D eigenvalue weighted by molar-refractivity contribution is -0.140. The molecule has 0 spiro atoms. The average Bonchev–Trinajstić information content (AvgIpc) is 3.64. The van der Waals surface area contributed by atoms with Gasteiger partial charge in [0.1, 0.15) is 0 Å². The van der Waals surface area contributed by atoms with Crippen molar-refractivity contribution in [2.75, 3.05) is 37.9 Å². The van der Waals surface area contributed by atoms with Crippen LogP contribution in [0.15, 0.2) is 48.5 Å². The third-order valence-corrected chi connectivity index (χ3v) is 16.6. The molecule has 0 radical (unpaired) electrons. The predicted octanol–water partition coefficient (Wildman–Crippen LogP) is 6.91. The maximum atomic E-state index is 6.08. The summed E-state index contributed by atoms with van der Waals surface area (Å²) in [6, 6.07) is 16.9. The first-order valence-corrected chi connectivity index (χ1v) is 22.8. The van der Waals surface area contributed by atoms with Gasteiger partial charge in [0.15, 0.2) is 12.6 Å². The number of benzene rings is 2. The molecule has 4 aromatic rings. The highest BCUT2D eigenvalue weighted by Crippen LogP contribution is 2.47. The second kappa shape index (κ2) is 18.6. The summed E-state index contributed by atoms with van der Waals surface area (Å²) in [5.74, 6) is 2.46. The van der Waals surface area contributed by atoms with Crippen molar-refractivity contribution < 1.29 is 18.9 Å². The first-order chi connectivity index (χ1) is 21.0. The number of aromatic nitrogens is 2. The highest BCUT2D eigenvalue weighted by molar-refractivity contribution is 9.09. The number of para-hydroxylation sites is 2. The lowest BCUT2D eigenvalue weighted by Gasteiger charge is -2.30. The molecule has 43 heavy (non-hydrogen) atoms. The van der Waals surface area contributed by atoms with Crippen molar-refractivity contribution in [1.29, 1.82) is 0 Å². The fraction of sp³-hybridized carbons (Fsp3) is 0.533. The zero-order chi connectivity index (χ0) is 30.6. The number of rotatable bonds is 20. The number of thiazole rings is 2. The fourth-order valence-corrected chi connectivity index (χ4v) is 15.0. The van der Waals surface area contributed by atoms with Gasteiger partial charge in [0.2, 0.25) is 0 Å². The van der Waals surface area contributed by atoms with E-state index in [9.17, 15) is 0 Å². The summed E-state index contributed by atoms with van der Waals surface area (Å²) in [5.41, 5.74) is 2.76. The monoisotopic (exact) mass is 712 g/mol. The van der Waals surface area contributed by atoms with Crippen LogP contribution >= 0.6 is 54.1 Å². The molecule has 0 aliphatic heterocycles. The molecule has 0 saturated heterocycles. The van der Waals surface area contributed by atoms with Crippen molar-refractivity contribution in [1.82, 2.24) is 9.97 Å². The number of ether oxygens (including phenoxy) is 4. The van der Waals surface area contributed by atoms with Crippen LogP contribution in [0, 0.1) is 0 Å². The van der Waals surface area contributed by atoms with Gasteiger partial charge in [0.25, 0.3) is 0 Å². The van der Waals surface area contributed by atoms with Gasteiger partial charge in [-0.05, 0) is 61.8 Å². The molecule has 0 saturated carbocycles. The Morgan fingerprint density at radius 3 is 1.35 bits per heavy atom. The first kappa shape index (κ1) is 35.4. The van der Waals surface area contributed by atoms with E-state index in [-0.39, 0.29) is 24.4 Å². The van der Waals surface area contributed by atoms with Gasteiger partial charge in [-0.15, -0.1) is 22.7 Å². The summed E-state index contributed by atoms with van der Waals surface area (Å²) in [7, 11) is 7.63. The number of nitrogens with zero attached hydrogens (tertiary/aromatic N) is 2. The van der Waals surface area contributed by atoms with Crippen LogP contribution in [-0.2, 0) is 18.9 Å². The fourth-order valence-electron chi connectivity index (χ4n) is 4.97. The van der Waals surface area contributed by atoms with Gasteiger partial charge >= 0.3 is 0 Å². The molecule has 13 heteroatoms. The van der Waals surface area contributed by atoms with E-state index >= 15 is 0 Å². The molecule has 4 atom stereocenters. The lowest BCUT2D eigenvalue weighted by atomic mass is 10.1. The van der Waals surface area contributed by atoms with E-state index in [0.29, 0.717) is 37.5 Å². The molecule has 0 N–H and O–H groups in total. The maximum absolute atomic E-state index is 6.08. The van der Waals surface area contributed by atoms with E-state index in [1.165, 1.54) is 19.4 Å². The van der Waals surface area contributed by atoms with Crippen molar-refractivity contribution >= 4 is 95.0 Å². The van der Waals surface area contributed by atoms with Crippen LogP contribution in [0.4, 0.5) is 0 Å². The molecule has 2 aromatic carbocycles. The second-order valence-electron chi connectivity index (χ2n) is 10.2. The second-order valence-corrected chi connectivity index (χ2v) is 19.3. The molecule has 0 aliphatic carbocycles. The largest absolute Gasteiger partial charge is 0.353 e. The zero-order valence-corrected chi connectivity index (χ0v) is 34.0. The van der Waals surface area contributed by atoms with Gasteiger partial charge in [-0.1, -0.05) is 45.9 Å². The maximum Gasteiger partial charge on any atom is 0.157 e. The molecule has 2 aromatic heterocycles. The summed E-state index contributed by atoms with van der Waals surface area (Å²) < 4.78 is 26.8. The van der Waals surface area contributed by atoms with Gasteiger partial charge in [0, 0.05) is 81.3 Å². The molecule has 6 nitrogen and oxygen atoms in total. The van der Waals surface area contributed by atoms with Crippen LogP contribution < -0.4 is 0 Å². The molecule has 0 bridgehead atoms. The van der Waals surface area contributed by atoms with Crippen molar-refractivity contribution in [3.8, 4) is 0 Å². The quantitative estimate of drug-likeness (QED) is 0.0421. The SMILES string of the molecule is CCOC(OCC)C([SiH3])C(CSSSCC(c1nc2ccccc2s1)C([SiH3])C(OCC)OCC)c1nc2ccccc2s1. The van der Waals surface area contributed by atoms with Crippen LogP contribution in [0.1, 0.15) is 49.5 Å². The van der Waals surface area contributed by atoms with E-state index in [1.54, 1.807) is 0 Å². The van der Waals surface area contributed by atoms with Crippen LogP contribution in [-0.4, -0.2) is 81.0 Å². The molecule has 0 fully saturated rings. The minimum absolute atomic E-state index is 0.194. The van der Waals surface area contributed by atoms with Gasteiger partial charge in [-0.25, -0.2) is 9.97 Å². The standard InChI is InChI=1S/C30H44N2O4S5Si2/c1-5-33-29(34-6-2)25(42)19(27-31-21-13-9-11-15-23(21)39-27)17-37-41-38-18-20(26(43)30(35-7-3)36-8-4)28-32-22-14-10-12-16-24(22)40-28/h9-16,19-20,25-26,29-30H,5-8,17-18H2,1-4,42-43H3. The van der Waals surface area contributed by atoms with Gasteiger partial charge in [0.05, 0.1) is 30.4 Å². The van der Waals surface area contributed by atoms with E-state index in [0.717, 1.165) is 43.0 Å². The summed E-state index contributed by atoms with van der Waals surface area (Å²) in [5, 5.41) is 2.37. The van der Waals surface area contributed by atoms with Crippen molar-refractivity contribution in [3.05, 3.63) is 58.5 Å². The highest BCUT2D eigenvalue weighted by atomic mass is 33.5. The Morgan fingerprint density at radius 1 is 0.628 bits per heavy atom. The third kappa shape index (κ3) is 9.77. The summed E-state index contributed by atoms with van der Waals surface area (Å²) in [6.07, 6.45) is -0.388. The molecule has 4 unspecified atom stereocenters. The predicted molar refractivity (Wildman–Crippen MR) is 199 cm³/mol. The minimum Gasteiger partial charge on any atom is -0.353 e. The molecule has 4 rings (SSSR count). The van der Waals surface area contributed by atoms with Crippen LogP contribution in [0.25, 0.3) is 20.4 Å². The normalized spacial score (nSPS) is 15.2. The van der Waals surface area contributed by atoms with E-state index < -0.39 is 0 Å². The Labute approximate surface area is 281 Å². The molecule has 236 valence electrons. The van der Waals surface area contributed by atoms with Gasteiger partial charge in [-0.3, -0.25) is 0 Å². The summed E-state index contributed by atoms with van der Waals surface area (Å²) in [6.45, 7) is 10.8. The topological polar surface area (TPSA) is 62.7 Å². The third-order valence-electron chi connectivity index (χ3n) is 7.30. The minimum atomic E-state index is -0.194. The molecule has 2 heterocycles. The van der Waals surface area contributed by atoms with Crippen LogP contribution in [0.3, 0.4) is 0 Å². The number of hydrogen-bond acceptors (Lipinski definition) is 11. The van der Waals surface area contributed by atoms with Crippen molar-refractivity contribution in [2.45, 2.75) is 63.2 Å². The van der Waals surface area contributed by atoms with Crippen LogP contribution in [0.5, 0.6) is 0 Å². The first-order valence-electron chi connectivity index (χ1n) is 15.1. The zero-order valence-electron chi connectivity index (χ0n) is 25.9. The van der Waals surface area contributed by atoms with Gasteiger partial charge < -0.3 is 18.9 Å². The Balaban J connectivity index is 1.46. The molecule has 0 amide bonds. The Kier molecular flexibility index (Phi) is 15.3. The number of fused-ring (bicyclic) bond motifs is 2. The molecular formula is C30H44N2O4S5Si2. The summed E-state index contributed by atoms with van der Waals surface area (Å²) >= 11 is 3.62. The molecular weight excluding hydrogens is 669 g/mol. The summed E-state index contributed by atoms with van der Waals surface area (Å²) in [4.78, 5) is 10.1. The van der Waals surface area contributed by atoms with Gasteiger partial charge in [-0.2, -0.15) is 0 Å². The lowest BCUT2D eigenvalue weighted by Crippen LogP contribution is -2.29. The van der Waals surface area contributed by atoms with E-state index in [1.807, 2.05) is 81.8 Å². The average molecular weight is 713 g/mol. The van der Waals surface area contributed by atoms with E-state index in [2.05, 4.69) is 48.5 Å². The Bertz CT molecular complexity index is 1200. The highest BCUT2D eigenvalue weighted by Gasteiger charge is 2.32. The van der Waals surface area contributed by atoms with Crippen LogP contribution in [0.2, 0.25) is 11.1 Å². The van der Waals surface area contributed by atoms with E-state index in [4.69, 9.17) is 28.9 Å².